The summed E-state index contributed by atoms with van der Waals surface area (Å²) in [5.41, 5.74) is -0.0395. The van der Waals surface area contributed by atoms with Crippen molar-refractivity contribution in [1.82, 2.24) is 0 Å². The van der Waals surface area contributed by atoms with Crippen LogP contribution < -0.4 is 4.90 Å². The molecule has 1 aromatic carbocycles. The van der Waals surface area contributed by atoms with Crippen molar-refractivity contribution in [3.8, 4) is 6.07 Å². The Kier molecular flexibility index (Phi) is 4.38. The molecule has 1 aromatic rings. The molecule has 1 unspecified atom stereocenters. The third-order valence-corrected chi connectivity index (χ3v) is 2.67. The number of halogens is 2. The summed E-state index contributed by atoms with van der Waals surface area (Å²) in [4.78, 5) is 13.0. The van der Waals surface area contributed by atoms with Gasteiger partial charge in [0.05, 0.1) is 11.8 Å². The Morgan fingerprint density at radius 2 is 2.00 bits per heavy atom. The predicted octanol–water partition coefficient (Wildman–Crippen LogP) is 2.72. The summed E-state index contributed by atoms with van der Waals surface area (Å²) in [7, 11) is 1.37. The van der Waals surface area contributed by atoms with Crippen LogP contribution in [0.4, 0.5) is 14.5 Å². The lowest BCUT2D eigenvalue weighted by Gasteiger charge is -2.22. The standard InChI is InChI=1S/C13H14F2N2O/c1-8(2)10(7-16)13(18)17(3)12-5-4-9(14)6-11(12)15/h4-6,8,10H,1-3H3. The van der Waals surface area contributed by atoms with Gasteiger partial charge in [0.25, 0.3) is 0 Å². The Bertz CT molecular complexity index is 494. The highest BCUT2D eigenvalue weighted by atomic mass is 19.1. The number of hydrogen-bond acceptors (Lipinski definition) is 2. The molecule has 5 heteroatoms. The van der Waals surface area contributed by atoms with Crippen molar-refractivity contribution in [1.29, 1.82) is 5.26 Å². The second-order valence-electron chi connectivity index (χ2n) is 4.34. The Hall–Kier alpha value is -1.96. The molecule has 0 heterocycles. The van der Waals surface area contributed by atoms with Crippen molar-refractivity contribution in [2.45, 2.75) is 13.8 Å². The minimum atomic E-state index is -0.848. The van der Waals surface area contributed by atoms with E-state index in [1.54, 1.807) is 13.8 Å². The molecule has 0 aromatic heterocycles. The lowest BCUT2D eigenvalue weighted by Crippen LogP contribution is -2.35. The smallest absolute Gasteiger partial charge is 0.244 e. The number of hydrogen-bond donors (Lipinski definition) is 0. The molecule has 96 valence electrons. The normalized spacial score (nSPS) is 12.1. The third-order valence-electron chi connectivity index (χ3n) is 2.67. The van der Waals surface area contributed by atoms with E-state index in [4.69, 9.17) is 5.26 Å². The van der Waals surface area contributed by atoms with Crippen LogP contribution in [0.25, 0.3) is 0 Å². The fourth-order valence-corrected chi connectivity index (χ4v) is 1.57. The van der Waals surface area contributed by atoms with Crippen LogP contribution in [0.1, 0.15) is 13.8 Å². The van der Waals surface area contributed by atoms with Crippen LogP contribution in [0, 0.1) is 34.8 Å². The van der Waals surface area contributed by atoms with Gasteiger partial charge >= 0.3 is 0 Å². The van der Waals surface area contributed by atoms with E-state index in [0.29, 0.717) is 6.07 Å². The van der Waals surface area contributed by atoms with Crippen LogP contribution in [0.15, 0.2) is 18.2 Å². The topological polar surface area (TPSA) is 44.1 Å². The molecule has 0 saturated carbocycles. The van der Waals surface area contributed by atoms with Gasteiger partial charge in [-0.05, 0) is 18.1 Å². The van der Waals surface area contributed by atoms with E-state index in [1.165, 1.54) is 13.1 Å². The molecule has 0 saturated heterocycles. The van der Waals surface area contributed by atoms with Gasteiger partial charge in [-0.15, -0.1) is 0 Å². The second-order valence-corrected chi connectivity index (χ2v) is 4.34. The molecule has 0 fully saturated rings. The molecule has 18 heavy (non-hydrogen) atoms. The van der Waals surface area contributed by atoms with Gasteiger partial charge < -0.3 is 4.90 Å². The average molecular weight is 252 g/mol. The highest BCUT2D eigenvalue weighted by Crippen LogP contribution is 2.22. The molecule has 0 N–H and O–H groups in total. The molecule has 1 amide bonds. The van der Waals surface area contributed by atoms with Gasteiger partial charge in [0, 0.05) is 13.1 Å². The SMILES string of the molecule is CC(C)C(C#N)C(=O)N(C)c1ccc(F)cc1F. The number of benzene rings is 1. The summed E-state index contributed by atoms with van der Waals surface area (Å²) >= 11 is 0. The zero-order chi connectivity index (χ0) is 13.9. The van der Waals surface area contributed by atoms with Gasteiger partial charge in [-0.3, -0.25) is 4.79 Å². The minimum Gasteiger partial charge on any atom is -0.312 e. The van der Waals surface area contributed by atoms with E-state index in [1.807, 2.05) is 6.07 Å². The number of amides is 1. The van der Waals surface area contributed by atoms with E-state index in [0.717, 1.165) is 11.0 Å². The first-order chi connectivity index (χ1) is 8.38. The van der Waals surface area contributed by atoms with Crippen molar-refractivity contribution >= 4 is 11.6 Å². The van der Waals surface area contributed by atoms with E-state index >= 15 is 0 Å². The Morgan fingerprint density at radius 1 is 1.39 bits per heavy atom. The maximum absolute atomic E-state index is 13.5. The van der Waals surface area contributed by atoms with Crippen LogP contribution in [-0.2, 0) is 4.79 Å². The molecule has 0 bridgehead atoms. The molecule has 0 aliphatic rings. The maximum atomic E-state index is 13.5. The number of nitrogens with zero attached hydrogens (tertiary/aromatic N) is 2. The monoisotopic (exact) mass is 252 g/mol. The Balaban J connectivity index is 3.04. The first-order valence-electron chi connectivity index (χ1n) is 5.50. The Labute approximate surface area is 105 Å². The van der Waals surface area contributed by atoms with Crippen molar-refractivity contribution in [2.75, 3.05) is 11.9 Å². The molecule has 0 radical (unpaired) electrons. The zero-order valence-corrected chi connectivity index (χ0v) is 10.4. The zero-order valence-electron chi connectivity index (χ0n) is 10.4. The first-order valence-corrected chi connectivity index (χ1v) is 5.50. The van der Waals surface area contributed by atoms with Gasteiger partial charge in [-0.1, -0.05) is 13.8 Å². The number of carbonyl (C=O) groups is 1. The minimum absolute atomic E-state index is 0.0395. The van der Waals surface area contributed by atoms with E-state index in [9.17, 15) is 13.6 Å². The summed E-state index contributed by atoms with van der Waals surface area (Å²) < 4.78 is 26.3. The van der Waals surface area contributed by atoms with Gasteiger partial charge in [-0.2, -0.15) is 5.26 Å². The average Bonchev–Trinajstić information content (AvgIpc) is 2.28. The molecule has 0 aliphatic carbocycles. The quantitative estimate of drug-likeness (QED) is 0.830. The largest absolute Gasteiger partial charge is 0.312 e. The number of carbonyl (C=O) groups excluding carboxylic acids is 1. The molecule has 0 aliphatic heterocycles. The molecule has 3 nitrogen and oxygen atoms in total. The van der Waals surface area contributed by atoms with Crippen molar-refractivity contribution in [2.24, 2.45) is 11.8 Å². The summed E-state index contributed by atoms with van der Waals surface area (Å²) in [5, 5.41) is 8.92. The maximum Gasteiger partial charge on any atom is 0.244 e. The molecule has 1 rings (SSSR count). The van der Waals surface area contributed by atoms with Crippen LogP contribution >= 0.6 is 0 Å². The summed E-state index contributed by atoms with van der Waals surface area (Å²) in [6.45, 7) is 3.47. The van der Waals surface area contributed by atoms with Crippen molar-refractivity contribution in [3.05, 3.63) is 29.8 Å². The van der Waals surface area contributed by atoms with Gasteiger partial charge in [0.2, 0.25) is 5.91 Å². The third kappa shape index (κ3) is 2.83. The molecular formula is C13H14F2N2O. The second kappa shape index (κ2) is 5.58. The van der Waals surface area contributed by atoms with Gasteiger partial charge in [0.1, 0.15) is 17.6 Å². The van der Waals surface area contributed by atoms with Gasteiger partial charge in [0.15, 0.2) is 0 Å². The number of rotatable bonds is 3. The number of anilines is 1. The molecule has 1 atom stereocenters. The summed E-state index contributed by atoms with van der Waals surface area (Å²) in [6, 6.07) is 4.85. The predicted molar refractivity (Wildman–Crippen MR) is 63.7 cm³/mol. The highest BCUT2D eigenvalue weighted by molar-refractivity contribution is 5.96. The molecular weight excluding hydrogens is 238 g/mol. The lowest BCUT2D eigenvalue weighted by atomic mass is 9.96. The number of nitriles is 1. The van der Waals surface area contributed by atoms with Crippen LogP contribution in [0.2, 0.25) is 0 Å². The van der Waals surface area contributed by atoms with Crippen LogP contribution in [0.5, 0.6) is 0 Å². The molecule has 0 spiro atoms. The summed E-state index contributed by atoms with van der Waals surface area (Å²) in [5.74, 6) is -3.06. The van der Waals surface area contributed by atoms with E-state index < -0.39 is 23.5 Å². The lowest BCUT2D eigenvalue weighted by molar-refractivity contribution is -0.121. The van der Waals surface area contributed by atoms with Gasteiger partial charge in [-0.25, -0.2) is 8.78 Å². The fraction of sp³-hybridized carbons (Fsp3) is 0.385. The van der Waals surface area contributed by atoms with Crippen LogP contribution in [0.3, 0.4) is 0 Å². The van der Waals surface area contributed by atoms with E-state index in [-0.39, 0.29) is 11.6 Å². The summed E-state index contributed by atoms with van der Waals surface area (Å²) in [6.07, 6.45) is 0. The highest BCUT2D eigenvalue weighted by Gasteiger charge is 2.27. The van der Waals surface area contributed by atoms with Crippen molar-refractivity contribution < 1.29 is 13.6 Å². The van der Waals surface area contributed by atoms with E-state index in [2.05, 4.69) is 0 Å². The van der Waals surface area contributed by atoms with Crippen LogP contribution in [-0.4, -0.2) is 13.0 Å². The fourth-order valence-electron chi connectivity index (χ4n) is 1.57. The Morgan fingerprint density at radius 3 is 2.44 bits per heavy atom. The first kappa shape index (κ1) is 14.1. The van der Waals surface area contributed by atoms with Crippen molar-refractivity contribution in [3.63, 3.8) is 0 Å².